The van der Waals surface area contributed by atoms with E-state index < -0.39 is 0 Å². The summed E-state index contributed by atoms with van der Waals surface area (Å²) >= 11 is 0. The topological polar surface area (TPSA) is 30.0 Å². The SMILES string of the molecule is CCCC1(C)C(CC=O)CCC2C3CC=C(c4cccnc4)C3(C)CCC21. The number of aldehydes is 1. The van der Waals surface area contributed by atoms with E-state index in [1.165, 1.54) is 56.8 Å². The third-order valence-electron chi connectivity index (χ3n) is 8.79. The fourth-order valence-electron chi connectivity index (χ4n) is 7.50. The number of aromatic nitrogens is 1. The van der Waals surface area contributed by atoms with Crippen LogP contribution < -0.4 is 0 Å². The minimum absolute atomic E-state index is 0.300. The zero-order valence-corrected chi connectivity index (χ0v) is 17.3. The van der Waals surface area contributed by atoms with Gasteiger partial charge < -0.3 is 4.79 Å². The summed E-state index contributed by atoms with van der Waals surface area (Å²) in [4.78, 5) is 15.7. The molecule has 1 heterocycles. The smallest absolute Gasteiger partial charge is 0.120 e. The molecule has 2 saturated carbocycles. The molecule has 0 amide bonds. The fourth-order valence-corrected chi connectivity index (χ4v) is 7.50. The van der Waals surface area contributed by atoms with Gasteiger partial charge in [-0.2, -0.15) is 0 Å². The van der Waals surface area contributed by atoms with Gasteiger partial charge in [-0.3, -0.25) is 4.98 Å². The van der Waals surface area contributed by atoms with E-state index in [1.807, 2.05) is 12.4 Å². The molecule has 0 aromatic carbocycles. The number of pyridine rings is 1. The fraction of sp³-hybridized carbons (Fsp3) is 0.680. The minimum atomic E-state index is 0.300. The minimum Gasteiger partial charge on any atom is -0.303 e. The maximum absolute atomic E-state index is 11.3. The number of fused-ring (bicyclic) bond motifs is 3. The Morgan fingerprint density at radius 3 is 2.78 bits per heavy atom. The molecule has 1 aromatic rings. The predicted molar refractivity (Wildman–Crippen MR) is 111 cm³/mol. The number of allylic oxidation sites excluding steroid dienone is 2. The molecule has 0 radical (unpaired) electrons. The van der Waals surface area contributed by atoms with Crippen molar-refractivity contribution < 1.29 is 4.79 Å². The zero-order chi connectivity index (χ0) is 19.1. The summed E-state index contributed by atoms with van der Waals surface area (Å²) < 4.78 is 0. The van der Waals surface area contributed by atoms with Crippen molar-refractivity contribution in [2.45, 2.75) is 72.1 Å². The maximum Gasteiger partial charge on any atom is 0.120 e. The Bertz CT molecular complexity index is 710. The van der Waals surface area contributed by atoms with Crippen LogP contribution in [0.3, 0.4) is 0 Å². The normalized spacial score (nSPS) is 40.8. The average molecular weight is 366 g/mol. The Kier molecular flexibility index (Phi) is 5.03. The molecule has 4 rings (SSSR count). The van der Waals surface area contributed by atoms with Gasteiger partial charge in [0.15, 0.2) is 0 Å². The first-order valence-electron chi connectivity index (χ1n) is 11.1. The van der Waals surface area contributed by atoms with Gasteiger partial charge >= 0.3 is 0 Å². The van der Waals surface area contributed by atoms with E-state index in [-0.39, 0.29) is 0 Å². The highest BCUT2D eigenvalue weighted by Crippen LogP contribution is 2.66. The number of carbonyl (C=O) groups excluding carboxylic acids is 1. The van der Waals surface area contributed by atoms with E-state index in [1.54, 1.807) is 5.57 Å². The Balaban J connectivity index is 1.63. The molecule has 0 N–H and O–H groups in total. The van der Waals surface area contributed by atoms with Crippen LogP contribution in [0.2, 0.25) is 0 Å². The Labute approximate surface area is 164 Å². The Morgan fingerprint density at radius 2 is 2.07 bits per heavy atom. The van der Waals surface area contributed by atoms with E-state index in [4.69, 9.17) is 0 Å². The van der Waals surface area contributed by atoms with Crippen LogP contribution in [-0.2, 0) is 4.79 Å². The first kappa shape index (κ1) is 18.9. The van der Waals surface area contributed by atoms with Crippen LogP contribution in [-0.4, -0.2) is 11.3 Å². The highest BCUT2D eigenvalue weighted by atomic mass is 16.1. The zero-order valence-electron chi connectivity index (χ0n) is 17.3. The van der Waals surface area contributed by atoms with Gasteiger partial charge in [-0.25, -0.2) is 0 Å². The van der Waals surface area contributed by atoms with E-state index in [0.29, 0.717) is 16.7 Å². The van der Waals surface area contributed by atoms with Gasteiger partial charge in [0.1, 0.15) is 6.29 Å². The number of rotatable bonds is 5. The van der Waals surface area contributed by atoms with Crippen molar-refractivity contribution in [3.05, 3.63) is 36.2 Å². The number of nitrogens with zero attached hydrogens (tertiary/aromatic N) is 1. The lowest BCUT2D eigenvalue weighted by molar-refractivity contribution is -0.115. The number of carbonyl (C=O) groups is 1. The second-order valence-electron chi connectivity index (χ2n) is 9.86. The monoisotopic (exact) mass is 365 g/mol. The Morgan fingerprint density at radius 1 is 1.22 bits per heavy atom. The predicted octanol–water partition coefficient (Wildman–Crippen LogP) is 6.32. The van der Waals surface area contributed by atoms with Gasteiger partial charge in [0, 0.05) is 18.8 Å². The summed E-state index contributed by atoms with van der Waals surface area (Å²) in [7, 11) is 0. The van der Waals surface area contributed by atoms with E-state index in [9.17, 15) is 4.79 Å². The lowest BCUT2D eigenvalue weighted by Crippen LogP contribution is -2.51. The van der Waals surface area contributed by atoms with Crippen molar-refractivity contribution in [1.82, 2.24) is 4.98 Å². The van der Waals surface area contributed by atoms with Crippen molar-refractivity contribution >= 4 is 11.9 Å². The maximum atomic E-state index is 11.3. The van der Waals surface area contributed by atoms with Crippen LogP contribution in [0.15, 0.2) is 30.6 Å². The average Bonchev–Trinajstić information content (AvgIpc) is 3.02. The van der Waals surface area contributed by atoms with Gasteiger partial charge in [-0.05, 0) is 90.2 Å². The van der Waals surface area contributed by atoms with Crippen LogP contribution in [0.5, 0.6) is 0 Å². The molecule has 3 aliphatic rings. The van der Waals surface area contributed by atoms with Gasteiger partial charge in [0.2, 0.25) is 0 Å². The molecular weight excluding hydrogens is 330 g/mol. The molecule has 2 heteroatoms. The first-order chi connectivity index (χ1) is 13.0. The molecule has 0 saturated heterocycles. The van der Waals surface area contributed by atoms with Gasteiger partial charge in [-0.15, -0.1) is 0 Å². The van der Waals surface area contributed by atoms with Crippen molar-refractivity contribution in [2.24, 2.45) is 34.5 Å². The lowest BCUT2D eigenvalue weighted by Gasteiger charge is -2.59. The summed E-state index contributed by atoms with van der Waals surface area (Å²) in [5.74, 6) is 2.96. The Hall–Kier alpha value is -1.44. The molecular formula is C25H35NO. The van der Waals surface area contributed by atoms with Gasteiger partial charge in [0.05, 0.1) is 0 Å². The molecule has 0 spiro atoms. The summed E-state index contributed by atoms with van der Waals surface area (Å²) in [6.07, 6.45) is 17.3. The van der Waals surface area contributed by atoms with Crippen LogP contribution in [0.1, 0.15) is 77.7 Å². The lowest BCUT2D eigenvalue weighted by atomic mass is 9.46. The summed E-state index contributed by atoms with van der Waals surface area (Å²) in [5, 5.41) is 0. The molecule has 2 nitrogen and oxygen atoms in total. The largest absolute Gasteiger partial charge is 0.303 e. The van der Waals surface area contributed by atoms with E-state index in [0.717, 1.165) is 24.2 Å². The van der Waals surface area contributed by atoms with Crippen molar-refractivity contribution in [2.75, 3.05) is 0 Å². The molecule has 146 valence electrons. The summed E-state index contributed by atoms with van der Waals surface area (Å²) in [6, 6.07) is 4.31. The molecule has 6 atom stereocenters. The van der Waals surface area contributed by atoms with Gasteiger partial charge in [0.25, 0.3) is 0 Å². The molecule has 27 heavy (non-hydrogen) atoms. The van der Waals surface area contributed by atoms with Crippen molar-refractivity contribution in [1.29, 1.82) is 0 Å². The molecule has 2 fully saturated rings. The van der Waals surface area contributed by atoms with Crippen LogP contribution in [0.25, 0.3) is 5.57 Å². The standard InChI is InChI=1S/C25H35NO/c1-4-13-24(2)19(12-16-27)7-8-20-22-10-9-21(18-6-5-15-26-17-18)25(22,3)14-11-23(20)24/h5-6,9,15-17,19-20,22-23H,4,7-8,10-14H2,1-3H3. The molecule has 1 aromatic heterocycles. The highest BCUT2D eigenvalue weighted by molar-refractivity contribution is 5.72. The number of hydrogen-bond acceptors (Lipinski definition) is 2. The molecule has 0 aliphatic heterocycles. The summed E-state index contributed by atoms with van der Waals surface area (Å²) in [6.45, 7) is 7.36. The molecule has 3 aliphatic carbocycles. The second-order valence-corrected chi connectivity index (χ2v) is 9.86. The first-order valence-corrected chi connectivity index (χ1v) is 11.1. The van der Waals surface area contributed by atoms with Crippen LogP contribution >= 0.6 is 0 Å². The third kappa shape index (κ3) is 2.91. The van der Waals surface area contributed by atoms with E-state index in [2.05, 4.69) is 44.0 Å². The quantitative estimate of drug-likeness (QED) is 0.571. The van der Waals surface area contributed by atoms with Crippen molar-refractivity contribution in [3.8, 4) is 0 Å². The van der Waals surface area contributed by atoms with Gasteiger partial charge in [-0.1, -0.05) is 39.3 Å². The molecule has 6 unspecified atom stereocenters. The summed E-state index contributed by atoms with van der Waals surface area (Å²) in [5.41, 5.74) is 3.52. The van der Waals surface area contributed by atoms with Crippen LogP contribution in [0, 0.1) is 34.5 Å². The molecule has 0 bridgehead atoms. The number of hydrogen-bond donors (Lipinski definition) is 0. The van der Waals surface area contributed by atoms with Crippen LogP contribution in [0.4, 0.5) is 0 Å². The highest BCUT2D eigenvalue weighted by Gasteiger charge is 2.57. The third-order valence-corrected chi connectivity index (χ3v) is 8.79. The van der Waals surface area contributed by atoms with E-state index >= 15 is 0 Å². The second kappa shape index (κ2) is 7.18. The van der Waals surface area contributed by atoms with Crippen molar-refractivity contribution in [3.63, 3.8) is 0 Å².